The first-order chi connectivity index (χ1) is 9.61. The van der Waals surface area contributed by atoms with E-state index in [2.05, 4.69) is 5.32 Å². The van der Waals surface area contributed by atoms with Crippen molar-refractivity contribution in [2.24, 2.45) is 5.41 Å². The zero-order chi connectivity index (χ0) is 16.2. The fourth-order valence-electron chi connectivity index (χ4n) is 2.06. The molecule has 0 spiro atoms. The number of nitrogens with one attached hydrogen (secondary N) is 1. The van der Waals surface area contributed by atoms with Crippen LogP contribution in [0.2, 0.25) is 0 Å². The number of hydrogen-bond donors (Lipinski definition) is 3. The fourth-order valence-corrected chi connectivity index (χ4v) is 2.06. The van der Waals surface area contributed by atoms with E-state index in [9.17, 15) is 20.0 Å². The normalized spacial score (nSPS) is 12.8. The Balaban J connectivity index is 2.91. The number of anilines is 1. The molecule has 0 aliphatic rings. The molecule has 7 nitrogen and oxygen atoms in total. The molecular formula is C14H20N2O5. The zero-order valence-corrected chi connectivity index (χ0v) is 12.3. The molecule has 0 saturated carbocycles. The third kappa shape index (κ3) is 5.03. The van der Waals surface area contributed by atoms with E-state index < -0.39 is 22.7 Å². The van der Waals surface area contributed by atoms with Gasteiger partial charge in [-0.1, -0.05) is 26.8 Å². The number of aromatic carboxylic acids is 1. The Morgan fingerprint density at radius 1 is 1.43 bits per heavy atom. The molecule has 0 bridgehead atoms. The number of hydrogen-bond acceptors (Lipinski definition) is 5. The van der Waals surface area contributed by atoms with Crippen LogP contribution in [0.15, 0.2) is 18.2 Å². The van der Waals surface area contributed by atoms with E-state index in [4.69, 9.17) is 5.11 Å². The summed E-state index contributed by atoms with van der Waals surface area (Å²) in [6, 6.07) is 4.03. The molecule has 0 heterocycles. The van der Waals surface area contributed by atoms with E-state index >= 15 is 0 Å². The molecule has 1 unspecified atom stereocenters. The van der Waals surface area contributed by atoms with Gasteiger partial charge in [0, 0.05) is 6.54 Å². The van der Waals surface area contributed by atoms with Crippen molar-refractivity contribution in [1.82, 2.24) is 0 Å². The molecular weight excluding hydrogens is 276 g/mol. The molecule has 0 saturated heterocycles. The van der Waals surface area contributed by atoms with E-state index in [1.54, 1.807) is 0 Å². The molecule has 0 radical (unpaired) electrons. The topological polar surface area (TPSA) is 113 Å². The fraction of sp³-hybridized carbons (Fsp3) is 0.500. The summed E-state index contributed by atoms with van der Waals surface area (Å²) in [6.45, 7) is 6.04. The van der Waals surface area contributed by atoms with E-state index in [1.807, 2.05) is 20.8 Å². The summed E-state index contributed by atoms with van der Waals surface area (Å²) < 4.78 is 0. The Hall–Kier alpha value is -2.15. The van der Waals surface area contributed by atoms with Crippen LogP contribution in [0, 0.1) is 15.5 Å². The molecule has 3 N–H and O–H groups in total. The highest BCUT2D eigenvalue weighted by Crippen LogP contribution is 2.29. The lowest BCUT2D eigenvalue weighted by Gasteiger charge is -2.22. The lowest BCUT2D eigenvalue weighted by atomic mass is 9.89. The quantitative estimate of drug-likeness (QED) is 0.549. The third-order valence-corrected chi connectivity index (χ3v) is 2.83. The summed E-state index contributed by atoms with van der Waals surface area (Å²) in [5.74, 6) is -1.36. The molecule has 21 heavy (non-hydrogen) atoms. The summed E-state index contributed by atoms with van der Waals surface area (Å²) in [4.78, 5) is 21.3. The number of carboxylic acids is 1. The first kappa shape index (κ1) is 16.9. The lowest BCUT2D eigenvalue weighted by Crippen LogP contribution is -2.25. The number of nitrogens with zero attached hydrogens (tertiary/aromatic N) is 1. The second-order valence-corrected chi connectivity index (χ2v) is 6.06. The maximum Gasteiger partial charge on any atom is 0.342 e. The lowest BCUT2D eigenvalue weighted by molar-refractivity contribution is -0.384. The molecule has 1 aromatic carbocycles. The van der Waals surface area contributed by atoms with Crippen LogP contribution in [0.4, 0.5) is 11.4 Å². The van der Waals surface area contributed by atoms with Crippen molar-refractivity contribution >= 4 is 17.3 Å². The second kappa shape index (κ2) is 6.53. The number of rotatable bonds is 6. The van der Waals surface area contributed by atoms with Crippen molar-refractivity contribution in [1.29, 1.82) is 0 Å². The largest absolute Gasteiger partial charge is 0.477 e. The number of carboxylic acid groups (broad SMARTS) is 1. The van der Waals surface area contributed by atoms with E-state index in [1.165, 1.54) is 18.2 Å². The molecule has 1 aromatic rings. The summed E-state index contributed by atoms with van der Waals surface area (Å²) in [5, 5.41) is 32.7. The molecule has 0 fully saturated rings. The zero-order valence-electron chi connectivity index (χ0n) is 12.3. The van der Waals surface area contributed by atoms with Gasteiger partial charge in [-0.05, 0) is 24.0 Å². The molecule has 0 aliphatic heterocycles. The Morgan fingerprint density at radius 2 is 2.05 bits per heavy atom. The van der Waals surface area contributed by atoms with Gasteiger partial charge in [-0.15, -0.1) is 0 Å². The van der Waals surface area contributed by atoms with Gasteiger partial charge in [0.25, 0.3) is 0 Å². The first-order valence-corrected chi connectivity index (χ1v) is 6.54. The number of benzene rings is 1. The summed E-state index contributed by atoms with van der Waals surface area (Å²) in [7, 11) is 0. The minimum absolute atomic E-state index is 0.0735. The van der Waals surface area contributed by atoms with Crippen LogP contribution in [-0.4, -0.2) is 33.8 Å². The molecule has 1 rings (SSSR count). The molecule has 7 heteroatoms. The van der Waals surface area contributed by atoms with Gasteiger partial charge in [-0.25, -0.2) is 4.79 Å². The first-order valence-electron chi connectivity index (χ1n) is 6.54. The summed E-state index contributed by atoms with van der Waals surface area (Å²) >= 11 is 0. The van der Waals surface area contributed by atoms with Crippen molar-refractivity contribution in [3.05, 3.63) is 33.9 Å². The Kier molecular flexibility index (Phi) is 5.26. The van der Waals surface area contributed by atoms with Gasteiger partial charge in [0.1, 0.15) is 11.3 Å². The maximum absolute atomic E-state index is 11.1. The van der Waals surface area contributed by atoms with Crippen LogP contribution in [0.3, 0.4) is 0 Å². The molecule has 0 amide bonds. The predicted molar refractivity (Wildman–Crippen MR) is 78.6 cm³/mol. The van der Waals surface area contributed by atoms with Crippen LogP contribution in [0.1, 0.15) is 37.6 Å². The average molecular weight is 296 g/mol. The highest BCUT2D eigenvalue weighted by atomic mass is 16.6. The molecule has 0 aromatic heterocycles. The second-order valence-electron chi connectivity index (χ2n) is 6.06. The number of nitro groups is 1. The van der Waals surface area contributed by atoms with E-state index in [0.29, 0.717) is 6.42 Å². The molecule has 0 aliphatic carbocycles. The number of nitro benzene ring substituents is 1. The molecule has 1 atom stereocenters. The molecule has 116 valence electrons. The summed E-state index contributed by atoms with van der Waals surface area (Å²) in [6.07, 6.45) is -0.162. The van der Waals surface area contributed by atoms with Gasteiger partial charge < -0.3 is 15.5 Å². The summed E-state index contributed by atoms with van der Waals surface area (Å²) in [5.41, 5.74) is -0.855. The Morgan fingerprint density at radius 3 is 2.52 bits per heavy atom. The van der Waals surface area contributed by atoms with Crippen LogP contribution >= 0.6 is 0 Å². The van der Waals surface area contributed by atoms with Crippen LogP contribution in [0.25, 0.3) is 0 Å². The van der Waals surface area contributed by atoms with Crippen molar-refractivity contribution in [3.63, 3.8) is 0 Å². The van der Waals surface area contributed by atoms with Crippen molar-refractivity contribution in [2.75, 3.05) is 11.9 Å². The number of aliphatic hydroxyl groups is 1. The average Bonchev–Trinajstić information content (AvgIpc) is 2.33. The van der Waals surface area contributed by atoms with Crippen molar-refractivity contribution in [2.45, 2.75) is 33.3 Å². The van der Waals surface area contributed by atoms with Crippen molar-refractivity contribution in [3.8, 4) is 0 Å². The van der Waals surface area contributed by atoms with Gasteiger partial charge in [0.05, 0.1) is 11.0 Å². The van der Waals surface area contributed by atoms with Crippen LogP contribution in [-0.2, 0) is 0 Å². The van der Waals surface area contributed by atoms with E-state index in [-0.39, 0.29) is 23.2 Å². The SMILES string of the molecule is CC(C)(C)CC(O)CNc1cccc(C(=O)O)c1[N+](=O)[O-]. The minimum atomic E-state index is -1.36. The van der Waals surface area contributed by atoms with Crippen LogP contribution < -0.4 is 5.32 Å². The van der Waals surface area contributed by atoms with E-state index in [0.717, 1.165) is 0 Å². The smallest absolute Gasteiger partial charge is 0.342 e. The van der Waals surface area contributed by atoms with Crippen LogP contribution in [0.5, 0.6) is 0 Å². The number of carbonyl (C=O) groups is 1. The predicted octanol–water partition coefficient (Wildman–Crippen LogP) is 2.50. The van der Waals surface area contributed by atoms with Gasteiger partial charge in [-0.3, -0.25) is 10.1 Å². The Labute approximate surface area is 122 Å². The van der Waals surface area contributed by atoms with Gasteiger partial charge in [-0.2, -0.15) is 0 Å². The van der Waals surface area contributed by atoms with Gasteiger partial charge in [0.2, 0.25) is 0 Å². The Bertz CT molecular complexity index is 537. The maximum atomic E-state index is 11.1. The number of aliphatic hydroxyl groups excluding tert-OH is 1. The number of para-hydroxylation sites is 1. The highest BCUT2D eigenvalue weighted by Gasteiger charge is 2.25. The standard InChI is InChI=1S/C14H20N2O5/c1-14(2,3)7-9(17)8-15-11-6-4-5-10(13(18)19)12(11)16(20)21/h4-6,9,15,17H,7-8H2,1-3H3,(H,18,19). The highest BCUT2D eigenvalue weighted by molar-refractivity contribution is 5.95. The monoisotopic (exact) mass is 296 g/mol. The third-order valence-electron chi connectivity index (χ3n) is 2.83. The van der Waals surface area contributed by atoms with Gasteiger partial charge >= 0.3 is 11.7 Å². The van der Waals surface area contributed by atoms with Gasteiger partial charge in [0.15, 0.2) is 0 Å². The van der Waals surface area contributed by atoms with Crippen molar-refractivity contribution < 1.29 is 19.9 Å². The minimum Gasteiger partial charge on any atom is -0.477 e.